The molecule has 22 heavy (non-hydrogen) atoms. The Morgan fingerprint density at radius 1 is 1.32 bits per heavy atom. The fourth-order valence-electron chi connectivity index (χ4n) is 2.62. The number of hydrogen-bond donors (Lipinski definition) is 3. The van der Waals surface area contributed by atoms with Crippen LogP contribution >= 0.6 is 0 Å². The lowest BCUT2D eigenvalue weighted by Crippen LogP contribution is -2.28. The molecule has 3 N–H and O–H groups in total. The molecular formula is C17H27NO4. The summed E-state index contributed by atoms with van der Waals surface area (Å²) >= 11 is 0. The van der Waals surface area contributed by atoms with Gasteiger partial charge in [-0.25, -0.2) is 0 Å². The van der Waals surface area contributed by atoms with Crippen LogP contribution in [0.25, 0.3) is 0 Å². The van der Waals surface area contributed by atoms with Crippen molar-refractivity contribution in [3.63, 3.8) is 0 Å². The van der Waals surface area contributed by atoms with Crippen molar-refractivity contribution in [3.8, 4) is 11.5 Å². The maximum absolute atomic E-state index is 9.43. The quantitative estimate of drug-likeness (QED) is 0.715. The summed E-state index contributed by atoms with van der Waals surface area (Å²) in [6, 6.07) is 6.00. The number of rotatable bonds is 7. The Balaban J connectivity index is 2.14. The second kappa shape index (κ2) is 8.36. The summed E-state index contributed by atoms with van der Waals surface area (Å²) in [7, 11) is 0. The summed E-state index contributed by atoms with van der Waals surface area (Å²) in [4.78, 5) is 0. The molecule has 5 heteroatoms. The fraction of sp³-hybridized carbons (Fsp3) is 0.647. The molecule has 1 aliphatic rings. The summed E-state index contributed by atoms with van der Waals surface area (Å²) < 4.78 is 11.4. The summed E-state index contributed by atoms with van der Waals surface area (Å²) in [5, 5.41) is 21.7. The van der Waals surface area contributed by atoms with E-state index in [0.717, 1.165) is 13.1 Å². The standard InChI is InChI=1S/C17H27NO4/c1-12(2)22-17-8-13(14-4-3-7-18-9-14)5-6-16(17)21-11-15(20)10-19/h5-6,8,12,14-15,18-20H,3-4,7,9-11H2,1-2H3. The van der Waals surface area contributed by atoms with E-state index in [-0.39, 0.29) is 19.3 Å². The van der Waals surface area contributed by atoms with E-state index in [1.54, 1.807) is 0 Å². The van der Waals surface area contributed by atoms with Gasteiger partial charge >= 0.3 is 0 Å². The molecule has 1 aliphatic heterocycles. The van der Waals surface area contributed by atoms with Crippen LogP contribution in [0.3, 0.4) is 0 Å². The second-order valence-corrected chi connectivity index (χ2v) is 6.06. The van der Waals surface area contributed by atoms with Crippen LogP contribution in [0, 0.1) is 0 Å². The molecule has 0 spiro atoms. The van der Waals surface area contributed by atoms with Crippen molar-refractivity contribution in [2.24, 2.45) is 0 Å². The maximum Gasteiger partial charge on any atom is 0.161 e. The van der Waals surface area contributed by atoms with Crippen LogP contribution in [0.15, 0.2) is 18.2 Å². The highest BCUT2D eigenvalue weighted by atomic mass is 16.5. The van der Waals surface area contributed by atoms with E-state index in [2.05, 4.69) is 11.4 Å². The minimum absolute atomic E-state index is 0.0462. The lowest BCUT2D eigenvalue weighted by Gasteiger charge is -2.24. The van der Waals surface area contributed by atoms with Crippen molar-refractivity contribution in [1.29, 1.82) is 0 Å². The van der Waals surface area contributed by atoms with Crippen molar-refractivity contribution in [2.75, 3.05) is 26.3 Å². The van der Waals surface area contributed by atoms with Crippen LogP contribution in [0.4, 0.5) is 0 Å². The average molecular weight is 309 g/mol. The van der Waals surface area contributed by atoms with E-state index in [1.807, 2.05) is 26.0 Å². The monoisotopic (exact) mass is 309 g/mol. The Kier molecular flexibility index (Phi) is 6.49. The minimum Gasteiger partial charge on any atom is -0.487 e. The van der Waals surface area contributed by atoms with Crippen molar-refractivity contribution in [1.82, 2.24) is 5.32 Å². The summed E-state index contributed by atoms with van der Waals surface area (Å²) in [5.74, 6) is 1.80. The normalized spacial score (nSPS) is 20.0. The highest BCUT2D eigenvalue weighted by Crippen LogP contribution is 2.34. The first-order valence-electron chi connectivity index (χ1n) is 8.03. The number of aliphatic hydroxyl groups is 2. The Labute approximate surface area is 132 Å². The van der Waals surface area contributed by atoms with Gasteiger partial charge in [0.25, 0.3) is 0 Å². The SMILES string of the molecule is CC(C)Oc1cc(C2CCCNC2)ccc1OCC(O)CO. The summed E-state index contributed by atoms with van der Waals surface area (Å²) in [6.45, 7) is 5.76. The third-order valence-electron chi connectivity index (χ3n) is 3.74. The van der Waals surface area contributed by atoms with E-state index in [1.165, 1.54) is 18.4 Å². The lowest BCUT2D eigenvalue weighted by molar-refractivity contribution is 0.0520. The average Bonchev–Trinajstić information content (AvgIpc) is 2.53. The number of aliphatic hydroxyl groups excluding tert-OH is 2. The van der Waals surface area contributed by atoms with E-state index < -0.39 is 6.10 Å². The highest BCUT2D eigenvalue weighted by Gasteiger charge is 2.18. The predicted octanol–water partition coefficient (Wildman–Crippen LogP) is 1.67. The summed E-state index contributed by atoms with van der Waals surface area (Å²) in [5.41, 5.74) is 1.25. The van der Waals surface area contributed by atoms with Crippen molar-refractivity contribution < 1.29 is 19.7 Å². The zero-order valence-electron chi connectivity index (χ0n) is 13.4. The van der Waals surface area contributed by atoms with Gasteiger partial charge in [-0.1, -0.05) is 6.07 Å². The molecule has 5 nitrogen and oxygen atoms in total. The molecule has 1 fully saturated rings. The van der Waals surface area contributed by atoms with Crippen LogP contribution in [0.1, 0.15) is 38.2 Å². The van der Waals surface area contributed by atoms with Gasteiger partial charge in [-0.3, -0.25) is 0 Å². The van der Waals surface area contributed by atoms with Gasteiger partial charge in [-0.05, 0) is 56.8 Å². The van der Waals surface area contributed by atoms with Crippen molar-refractivity contribution in [3.05, 3.63) is 23.8 Å². The molecule has 1 aromatic rings. The molecule has 0 aliphatic carbocycles. The molecule has 1 heterocycles. The number of piperidine rings is 1. The van der Waals surface area contributed by atoms with Gasteiger partial charge in [-0.15, -0.1) is 0 Å². The first-order chi connectivity index (χ1) is 10.6. The Morgan fingerprint density at radius 3 is 2.77 bits per heavy atom. The first kappa shape index (κ1) is 17.1. The molecule has 0 bridgehead atoms. The van der Waals surface area contributed by atoms with Gasteiger partial charge in [0.15, 0.2) is 11.5 Å². The van der Waals surface area contributed by atoms with Crippen LogP contribution in [0.5, 0.6) is 11.5 Å². The molecular weight excluding hydrogens is 282 g/mol. The zero-order chi connectivity index (χ0) is 15.9. The van der Waals surface area contributed by atoms with Gasteiger partial charge in [0.1, 0.15) is 12.7 Å². The van der Waals surface area contributed by atoms with Gasteiger partial charge < -0.3 is 25.0 Å². The Hall–Kier alpha value is -1.30. The zero-order valence-corrected chi connectivity index (χ0v) is 13.4. The molecule has 0 aromatic heterocycles. The lowest BCUT2D eigenvalue weighted by atomic mass is 9.91. The third-order valence-corrected chi connectivity index (χ3v) is 3.74. The molecule has 1 aromatic carbocycles. The highest BCUT2D eigenvalue weighted by molar-refractivity contribution is 5.44. The van der Waals surface area contributed by atoms with Crippen LogP contribution in [-0.2, 0) is 0 Å². The predicted molar refractivity (Wildman–Crippen MR) is 85.6 cm³/mol. The van der Waals surface area contributed by atoms with Gasteiger partial charge in [0.2, 0.25) is 0 Å². The minimum atomic E-state index is -0.880. The van der Waals surface area contributed by atoms with E-state index >= 15 is 0 Å². The molecule has 0 saturated carbocycles. The van der Waals surface area contributed by atoms with Crippen LogP contribution in [-0.4, -0.2) is 48.7 Å². The molecule has 0 amide bonds. The summed E-state index contributed by atoms with van der Waals surface area (Å²) in [6.07, 6.45) is 1.53. The van der Waals surface area contributed by atoms with E-state index in [9.17, 15) is 5.11 Å². The fourth-order valence-corrected chi connectivity index (χ4v) is 2.62. The number of hydrogen-bond acceptors (Lipinski definition) is 5. The van der Waals surface area contributed by atoms with Gasteiger partial charge in [-0.2, -0.15) is 0 Å². The second-order valence-electron chi connectivity index (χ2n) is 6.06. The maximum atomic E-state index is 9.43. The number of nitrogens with one attached hydrogen (secondary N) is 1. The molecule has 1 saturated heterocycles. The first-order valence-corrected chi connectivity index (χ1v) is 8.03. The third kappa shape index (κ3) is 4.87. The smallest absolute Gasteiger partial charge is 0.161 e. The number of benzene rings is 1. The molecule has 124 valence electrons. The molecule has 2 atom stereocenters. The van der Waals surface area contributed by atoms with Crippen molar-refractivity contribution in [2.45, 2.75) is 44.8 Å². The molecule has 2 rings (SSSR count). The van der Waals surface area contributed by atoms with E-state index in [0.29, 0.717) is 17.4 Å². The van der Waals surface area contributed by atoms with Gasteiger partial charge in [0, 0.05) is 6.54 Å². The van der Waals surface area contributed by atoms with Crippen LogP contribution < -0.4 is 14.8 Å². The molecule has 0 radical (unpaired) electrons. The van der Waals surface area contributed by atoms with Crippen molar-refractivity contribution >= 4 is 0 Å². The largest absolute Gasteiger partial charge is 0.487 e. The van der Waals surface area contributed by atoms with Gasteiger partial charge in [0.05, 0.1) is 12.7 Å². The topological polar surface area (TPSA) is 71.0 Å². The van der Waals surface area contributed by atoms with Crippen LogP contribution in [0.2, 0.25) is 0 Å². The van der Waals surface area contributed by atoms with E-state index in [4.69, 9.17) is 14.6 Å². The molecule has 2 unspecified atom stereocenters. The number of ether oxygens (including phenoxy) is 2. The Bertz CT molecular complexity index is 458. The Morgan fingerprint density at radius 2 is 2.14 bits per heavy atom.